The number of hydrogen-bond donors (Lipinski definition) is 2. The average molecular weight is 496 g/mol. The van der Waals surface area contributed by atoms with Gasteiger partial charge in [0, 0.05) is 31.7 Å². The molecule has 0 radical (unpaired) electrons. The molecule has 2 N–H and O–H groups in total. The first-order valence-electron chi connectivity index (χ1n) is 10.6. The Balaban J connectivity index is 2.61. The molecular weight excluding hydrogens is 465 g/mol. The van der Waals surface area contributed by atoms with Crippen LogP contribution in [0.5, 0.6) is 0 Å². The van der Waals surface area contributed by atoms with E-state index in [-0.39, 0.29) is 24.7 Å². The summed E-state index contributed by atoms with van der Waals surface area (Å²) in [4.78, 5) is 19.9. The highest BCUT2D eigenvalue weighted by Crippen LogP contribution is 2.31. The zero-order valence-corrected chi connectivity index (χ0v) is 20.6. The lowest BCUT2D eigenvalue weighted by molar-refractivity contribution is -0.140. The molecule has 0 aliphatic rings. The number of rotatable bonds is 11. The Morgan fingerprint density at radius 3 is 2.35 bits per heavy atom. The van der Waals surface area contributed by atoms with Gasteiger partial charge < -0.3 is 14.9 Å². The molecule has 1 heterocycles. The average Bonchev–Trinajstić information content (AvgIpc) is 2.75. The number of aliphatic carboxylic acids is 1. The number of hydrogen-bond acceptors (Lipinski definition) is 7. The van der Waals surface area contributed by atoms with Crippen LogP contribution < -0.4 is 4.31 Å². The van der Waals surface area contributed by atoms with Crippen molar-refractivity contribution in [3.8, 4) is 11.3 Å². The van der Waals surface area contributed by atoms with Crippen molar-refractivity contribution in [1.29, 1.82) is 0 Å². The lowest BCUT2D eigenvalue weighted by Crippen LogP contribution is -2.27. The van der Waals surface area contributed by atoms with Crippen molar-refractivity contribution >= 4 is 28.0 Å². The van der Waals surface area contributed by atoms with Crippen LogP contribution in [0, 0.1) is 5.82 Å². The van der Waals surface area contributed by atoms with Gasteiger partial charge in [0.15, 0.2) is 0 Å². The number of anilines is 1. The van der Waals surface area contributed by atoms with Gasteiger partial charge in [-0.25, -0.2) is 27.1 Å². The monoisotopic (exact) mass is 495 g/mol. The summed E-state index contributed by atoms with van der Waals surface area (Å²) < 4.78 is 43.9. The van der Waals surface area contributed by atoms with Gasteiger partial charge in [-0.1, -0.05) is 26.0 Å². The number of aromatic nitrogens is 2. The topological polar surface area (TPSA) is 130 Å². The predicted molar refractivity (Wildman–Crippen MR) is 127 cm³/mol. The van der Waals surface area contributed by atoms with Crippen LogP contribution in [0.15, 0.2) is 30.3 Å². The molecule has 2 aromatic rings. The molecule has 11 heteroatoms. The Kier molecular flexibility index (Phi) is 9.25. The molecule has 2 unspecified atom stereocenters. The number of ether oxygens (including phenoxy) is 1. The van der Waals surface area contributed by atoms with Gasteiger partial charge in [0.25, 0.3) is 0 Å². The third-order valence-corrected chi connectivity index (χ3v) is 6.29. The number of halogens is 1. The van der Waals surface area contributed by atoms with Gasteiger partial charge in [0.05, 0.1) is 36.3 Å². The molecule has 34 heavy (non-hydrogen) atoms. The number of benzene rings is 1. The van der Waals surface area contributed by atoms with E-state index in [1.165, 1.54) is 44.5 Å². The van der Waals surface area contributed by atoms with Gasteiger partial charge in [-0.2, -0.15) is 0 Å². The predicted octanol–water partition coefficient (Wildman–Crippen LogP) is 3.06. The molecule has 0 aliphatic carbocycles. The SMILES string of the molecule is COC(CC(=O)O)CC(O)/C=C/c1c(-c2ccc(F)cc2)nc(N(C)S(C)(=O)=O)nc1C(C)C. The van der Waals surface area contributed by atoms with Gasteiger partial charge >= 0.3 is 5.97 Å². The molecule has 1 aromatic heterocycles. The summed E-state index contributed by atoms with van der Waals surface area (Å²) in [5.74, 6) is -1.66. The molecule has 186 valence electrons. The van der Waals surface area contributed by atoms with E-state index in [9.17, 15) is 22.7 Å². The number of carbonyl (C=O) groups is 1. The highest BCUT2D eigenvalue weighted by molar-refractivity contribution is 7.92. The molecule has 0 bridgehead atoms. The van der Waals surface area contributed by atoms with Crippen molar-refractivity contribution in [2.75, 3.05) is 24.7 Å². The minimum atomic E-state index is -3.64. The number of aliphatic hydroxyl groups is 1. The maximum absolute atomic E-state index is 13.6. The van der Waals surface area contributed by atoms with Crippen molar-refractivity contribution in [1.82, 2.24) is 9.97 Å². The van der Waals surface area contributed by atoms with Crippen molar-refractivity contribution in [3.63, 3.8) is 0 Å². The zero-order chi connectivity index (χ0) is 25.6. The zero-order valence-electron chi connectivity index (χ0n) is 19.8. The Hall–Kier alpha value is -2.89. The van der Waals surface area contributed by atoms with E-state index in [1.807, 2.05) is 13.8 Å². The van der Waals surface area contributed by atoms with Crippen LogP contribution in [-0.2, 0) is 19.6 Å². The van der Waals surface area contributed by atoms with Crippen LogP contribution in [0.2, 0.25) is 0 Å². The number of carboxylic acid groups (broad SMARTS) is 1. The number of carboxylic acids is 1. The van der Waals surface area contributed by atoms with Crippen molar-refractivity contribution in [3.05, 3.63) is 47.4 Å². The molecule has 2 rings (SSSR count). The lowest BCUT2D eigenvalue weighted by Gasteiger charge is -2.20. The Bertz CT molecular complexity index is 1140. The van der Waals surface area contributed by atoms with Crippen LogP contribution in [-0.4, -0.2) is 67.2 Å². The summed E-state index contributed by atoms with van der Waals surface area (Å²) in [5, 5.41) is 19.4. The fourth-order valence-electron chi connectivity index (χ4n) is 3.21. The van der Waals surface area contributed by atoms with E-state index in [1.54, 1.807) is 6.08 Å². The minimum absolute atomic E-state index is 0.0378. The smallest absolute Gasteiger partial charge is 0.305 e. The molecule has 9 nitrogen and oxygen atoms in total. The number of sulfonamides is 1. The van der Waals surface area contributed by atoms with Crippen LogP contribution in [0.4, 0.5) is 10.3 Å². The molecule has 1 aromatic carbocycles. The molecule has 2 atom stereocenters. The summed E-state index contributed by atoms with van der Waals surface area (Å²) in [7, 11) is -0.924. The van der Waals surface area contributed by atoms with E-state index in [0.29, 0.717) is 22.5 Å². The van der Waals surface area contributed by atoms with Crippen molar-refractivity contribution in [2.45, 2.75) is 44.8 Å². The summed E-state index contributed by atoms with van der Waals surface area (Å²) in [6.45, 7) is 3.76. The van der Waals surface area contributed by atoms with E-state index in [2.05, 4.69) is 9.97 Å². The maximum Gasteiger partial charge on any atom is 0.305 e. The highest BCUT2D eigenvalue weighted by Gasteiger charge is 2.22. The van der Waals surface area contributed by atoms with Crippen molar-refractivity contribution < 1.29 is 32.6 Å². The molecule has 0 saturated carbocycles. The molecule has 0 fully saturated rings. The second-order valence-corrected chi connectivity index (χ2v) is 10.2. The molecule has 0 saturated heterocycles. The quantitative estimate of drug-likeness (QED) is 0.487. The summed E-state index contributed by atoms with van der Waals surface area (Å²) in [5.41, 5.74) is 1.95. The molecular formula is C23H30FN3O6S. The van der Waals surface area contributed by atoms with Crippen LogP contribution in [0.3, 0.4) is 0 Å². The number of nitrogens with zero attached hydrogens (tertiary/aromatic N) is 3. The fraction of sp³-hybridized carbons (Fsp3) is 0.435. The summed E-state index contributed by atoms with van der Waals surface area (Å²) in [6, 6.07) is 5.58. The van der Waals surface area contributed by atoms with E-state index in [4.69, 9.17) is 9.84 Å². The Labute approximate surface area is 199 Å². The van der Waals surface area contributed by atoms with Gasteiger partial charge in [-0.05, 0) is 30.2 Å². The van der Waals surface area contributed by atoms with Crippen LogP contribution in [0.1, 0.15) is 43.9 Å². The lowest BCUT2D eigenvalue weighted by atomic mass is 9.97. The normalized spacial score (nSPS) is 13.9. The minimum Gasteiger partial charge on any atom is -0.481 e. The number of aliphatic hydroxyl groups excluding tert-OH is 1. The molecule has 0 aliphatic heterocycles. The standard InChI is InChI=1S/C23H30FN3O6S/c1-14(2)21-19(11-10-17(28)12-18(33-4)13-20(29)30)22(15-6-8-16(24)9-7-15)26-23(25-21)27(3)34(5,31)32/h6-11,14,17-18,28H,12-13H2,1-5H3,(H,29,30)/b11-10+. The van der Waals surface area contributed by atoms with Crippen molar-refractivity contribution in [2.24, 2.45) is 0 Å². The van der Waals surface area contributed by atoms with E-state index >= 15 is 0 Å². The first-order valence-corrected chi connectivity index (χ1v) is 12.4. The Morgan fingerprint density at radius 1 is 1.24 bits per heavy atom. The third-order valence-electron chi connectivity index (χ3n) is 5.13. The van der Waals surface area contributed by atoms with Gasteiger partial charge in [0.2, 0.25) is 16.0 Å². The number of methoxy groups -OCH3 is 1. The van der Waals surface area contributed by atoms with Crippen LogP contribution >= 0.6 is 0 Å². The summed E-state index contributed by atoms with van der Waals surface area (Å²) in [6.07, 6.45) is 2.22. The van der Waals surface area contributed by atoms with E-state index < -0.39 is 34.0 Å². The second-order valence-electron chi connectivity index (χ2n) is 8.18. The third kappa shape index (κ3) is 7.31. The second kappa shape index (κ2) is 11.5. The fourth-order valence-corrected chi connectivity index (χ4v) is 3.59. The molecule has 0 amide bonds. The van der Waals surface area contributed by atoms with E-state index in [0.717, 1.165) is 10.6 Å². The molecule has 0 spiro atoms. The van der Waals surface area contributed by atoms with Crippen LogP contribution in [0.25, 0.3) is 17.3 Å². The Morgan fingerprint density at radius 2 is 1.85 bits per heavy atom. The van der Waals surface area contributed by atoms with Gasteiger partial charge in [-0.3, -0.25) is 4.79 Å². The largest absolute Gasteiger partial charge is 0.481 e. The maximum atomic E-state index is 13.6. The van der Waals surface area contributed by atoms with Gasteiger partial charge in [-0.15, -0.1) is 0 Å². The van der Waals surface area contributed by atoms with Gasteiger partial charge in [0.1, 0.15) is 5.82 Å². The first kappa shape index (κ1) is 27.4. The first-order chi connectivity index (χ1) is 15.8. The summed E-state index contributed by atoms with van der Waals surface area (Å²) >= 11 is 0. The highest BCUT2D eigenvalue weighted by atomic mass is 32.2.